The predicted molar refractivity (Wildman–Crippen MR) is 53.8 cm³/mol. The Morgan fingerprint density at radius 2 is 1.92 bits per heavy atom. The summed E-state index contributed by atoms with van der Waals surface area (Å²) < 4.78 is 11.5. The van der Waals surface area contributed by atoms with Gasteiger partial charge in [0.15, 0.2) is 0 Å². The molecule has 1 aromatic carbocycles. The van der Waals surface area contributed by atoms with E-state index in [0.29, 0.717) is 17.9 Å². The van der Waals surface area contributed by atoms with Crippen molar-refractivity contribution in [2.75, 3.05) is 18.1 Å². The zero-order valence-electron chi connectivity index (χ0n) is 7.27. The van der Waals surface area contributed by atoms with E-state index in [1.165, 1.54) is 0 Å². The highest BCUT2D eigenvalue weighted by Crippen LogP contribution is 2.10. The van der Waals surface area contributed by atoms with E-state index in [2.05, 4.69) is 0 Å². The maximum Gasteiger partial charge on any atom is 0.0530 e. The second-order valence-corrected chi connectivity index (χ2v) is 4.27. The summed E-state index contributed by atoms with van der Waals surface area (Å²) in [4.78, 5) is 0.766. The van der Waals surface area contributed by atoms with Crippen LogP contribution in [0.25, 0.3) is 0 Å². The number of rotatable bonds is 4. The molecule has 0 aliphatic carbocycles. The van der Waals surface area contributed by atoms with Crippen molar-refractivity contribution in [2.24, 2.45) is 0 Å². The molecule has 0 bridgehead atoms. The van der Waals surface area contributed by atoms with Crippen LogP contribution in [0.1, 0.15) is 6.42 Å². The molecule has 0 radical (unpaired) electrons. The molecule has 3 nitrogen and oxygen atoms in total. The molecule has 1 atom stereocenters. The molecule has 0 saturated carbocycles. The summed E-state index contributed by atoms with van der Waals surface area (Å²) in [5, 5.41) is 8.55. The first-order valence-electron chi connectivity index (χ1n) is 4.09. The van der Waals surface area contributed by atoms with Crippen LogP contribution < -0.4 is 5.73 Å². The Labute approximate surface area is 80.0 Å². The molecule has 0 aromatic heterocycles. The van der Waals surface area contributed by atoms with Crippen molar-refractivity contribution in [3.05, 3.63) is 24.3 Å². The van der Waals surface area contributed by atoms with Crippen LogP contribution in [0.3, 0.4) is 0 Å². The molecule has 0 spiro atoms. The van der Waals surface area contributed by atoms with E-state index < -0.39 is 10.8 Å². The summed E-state index contributed by atoms with van der Waals surface area (Å²) in [7, 11) is -1.01. The van der Waals surface area contributed by atoms with Crippen molar-refractivity contribution < 1.29 is 9.32 Å². The zero-order valence-corrected chi connectivity index (χ0v) is 8.09. The molecule has 13 heavy (non-hydrogen) atoms. The topological polar surface area (TPSA) is 63.3 Å². The average Bonchev–Trinajstić information content (AvgIpc) is 2.15. The van der Waals surface area contributed by atoms with Crippen molar-refractivity contribution in [2.45, 2.75) is 11.3 Å². The van der Waals surface area contributed by atoms with Crippen LogP contribution in [0.2, 0.25) is 0 Å². The van der Waals surface area contributed by atoms with E-state index in [-0.39, 0.29) is 6.61 Å². The third kappa shape index (κ3) is 3.16. The lowest BCUT2D eigenvalue weighted by Gasteiger charge is -2.00. The maximum atomic E-state index is 11.5. The summed E-state index contributed by atoms with van der Waals surface area (Å²) >= 11 is 0. The number of hydrogen-bond acceptors (Lipinski definition) is 3. The number of aliphatic hydroxyl groups is 1. The quantitative estimate of drug-likeness (QED) is 0.704. The van der Waals surface area contributed by atoms with Gasteiger partial charge in [0.25, 0.3) is 0 Å². The minimum atomic E-state index is -1.01. The van der Waals surface area contributed by atoms with Gasteiger partial charge in [-0.15, -0.1) is 0 Å². The SMILES string of the molecule is Nc1ccc(S(=O)CCCO)cc1. The van der Waals surface area contributed by atoms with Crippen molar-refractivity contribution in [3.8, 4) is 0 Å². The monoisotopic (exact) mass is 199 g/mol. The van der Waals surface area contributed by atoms with Gasteiger partial charge in [-0.05, 0) is 30.7 Å². The fourth-order valence-electron chi connectivity index (χ4n) is 0.933. The van der Waals surface area contributed by atoms with Crippen LogP contribution >= 0.6 is 0 Å². The van der Waals surface area contributed by atoms with Gasteiger partial charge in [0.1, 0.15) is 0 Å². The van der Waals surface area contributed by atoms with Gasteiger partial charge in [-0.3, -0.25) is 4.21 Å². The maximum absolute atomic E-state index is 11.5. The van der Waals surface area contributed by atoms with E-state index in [9.17, 15) is 4.21 Å². The first-order chi connectivity index (χ1) is 6.24. The van der Waals surface area contributed by atoms with Crippen molar-refractivity contribution >= 4 is 16.5 Å². The Morgan fingerprint density at radius 1 is 1.31 bits per heavy atom. The molecule has 0 saturated heterocycles. The van der Waals surface area contributed by atoms with Crippen molar-refractivity contribution in [3.63, 3.8) is 0 Å². The van der Waals surface area contributed by atoms with Gasteiger partial charge >= 0.3 is 0 Å². The Kier molecular flexibility index (Phi) is 3.92. The van der Waals surface area contributed by atoms with Crippen LogP contribution in [-0.4, -0.2) is 21.7 Å². The lowest BCUT2D eigenvalue weighted by Crippen LogP contribution is -2.00. The molecule has 1 aromatic rings. The Morgan fingerprint density at radius 3 is 2.46 bits per heavy atom. The number of benzene rings is 1. The van der Waals surface area contributed by atoms with Gasteiger partial charge in [0.05, 0.1) is 10.8 Å². The highest BCUT2D eigenvalue weighted by atomic mass is 32.2. The summed E-state index contributed by atoms with van der Waals surface area (Å²) in [6.45, 7) is 0.0840. The van der Waals surface area contributed by atoms with E-state index >= 15 is 0 Å². The third-order valence-electron chi connectivity index (χ3n) is 1.63. The van der Waals surface area contributed by atoms with Gasteiger partial charge in [0, 0.05) is 22.9 Å². The lowest BCUT2D eigenvalue weighted by molar-refractivity contribution is 0.296. The second kappa shape index (κ2) is 4.99. The van der Waals surface area contributed by atoms with E-state index in [4.69, 9.17) is 10.8 Å². The van der Waals surface area contributed by atoms with Crippen molar-refractivity contribution in [1.29, 1.82) is 0 Å². The number of nitrogen functional groups attached to an aromatic ring is 1. The highest BCUT2D eigenvalue weighted by Gasteiger charge is 2.01. The second-order valence-electron chi connectivity index (χ2n) is 2.70. The Bertz CT molecular complexity index is 284. The van der Waals surface area contributed by atoms with Crippen LogP contribution in [0.15, 0.2) is 29.2 Å². The summed E-state index contributed by atoms with van der Waals surface area (Å²) in [5.74, 6) is 0.500. The lowest BCUT2D eigenvalue weighted by atomic mass is 10.3. The molecule has 0 fully saturated rings. The van der Waals surface area contributed by atoms with Gasteiger partial charge < -0.3 is 10.8 Å². The summed E-state index contributed by atoms with van der Waals surface area (Å²) in [6.07, 6.45) is 0.566. The molecule has 0 heterocycles. The fraction of sp³-hybridized carbons (Fsp3) is 0.333. The van der Waals surface area contributed by atoms with Crippen molar-refractivity contribution in [1.82, 2.24) is 0 Å². The fourth-order valence-corrected chi connectivity index (χ4v) is 2.00. The molecule has 0 amide bonds. The largest absolute Gasteiger partial charge is 0.399 e. The normalized spacial score (nSPS) is 12.7. The zero-order chi connectivity index (χ0) is 9.68. The van der Waals surface area contributed by atoms with Crippen LogP contribution in [0.5, 0.6) is 0 Å². The molecule has 4 heteroatoms. The van der Waals surface area contributed by atoms with Crippen LogP contribution in [0, 0.1) is 0 Å². The van der Waals surface area contributed by atoms with Gasteiger partial charge in [-0.1, -0.05) is 0 Å². The molecule has 0 aliphatic heterocycles. The molecule has 1 rings (SSSR count). The predicted octanol–water partition coefficient (Wildman–Crippen LogP) is 0.759. The average molecular weight is 199 g/mol. The Balaban J connectivity index is 2.61. The van der Waals surface area contributed by atoms with E-state index in [1.807, 2.05) is 0 Å². The summed E-state index contributed by atoms with van der Waals surface area (Å²) in [6, 6.07) is 6.96. The molecule has 1 unspecified atom stereocenters. The molecular formula is C9H13NO2S. The van der Waals surface area contributed by atoms with Gasteiger partial charge in [-0.25, -0.2) is 0 Å². The summed E-state index contributed by atoms with van der Waals surface area (Å²) in [5.41, 5.74) is 6.16. The smallest absolute Gasteiger partial charge is 0.0530 e. The van der Waals surface area contributed by atoms with Gasteiger partial charge in [-0.2, -0.15) is 0 Å². The van der Waals surface area contributed by atoms with Gasteiger partial charge in [0.2, 0.25) is 0 Å². The Hall–Kier alpha value is -0.870. The first kappa shape index (κ1) is 10.2. The minimum absolute atomic E-state index is 0.0840. The minimum Gasteiger partial charge on any atom is -0.399 e. The van der Waals surface area contributed by atoms with E-state index in [0.717, 1.165) is 4.90 Å². The number of hydrogen-bond donors (Lipinski definition) is 2. The molecule has 0 aliphatic rings. The number of anilines is 1. The highest BCUT2D eigenvalue weighted by molar-refractivity contribution is 7.85. The molecular weight excluding hydrogens is 186 g/mol. The van der Waals surface area contributed by atoms with Crippen LogP contribution in [0.4, 0.5) is 5.69 Å². The third-order valence-corrected chi connectivity index (χ3v) is 3.09. The first-order valence-corrected chi connectivity index (χ1v) is 5.40. The number of aliphatic hydroxyl groups excluding tert-OH is 1. The molecule has 3 N–H and O–H groups in total. The molecule has 72 valence electrons. The van der Waals surface area contributed by atoms with Crippen LogP contribution in [-0.2, 0) is 10.8 Å². The van der Waals surface area contributed by atoms with E-state index in [1.54, 1.807) is 24.3 Å². The number of nitrogens with two attached hydrogens (primary N) is 1. The standard InChI is InChI=1S/C9H13NO2S/c10-8-2-4-9(5-3-8)13(12)7-1-6-11/h2-5,11H,1,6-7,10H2.